The molecule has 0 radical (unpaired) electrons. The Labute approximate surface area is 204 Å². The molecule has 34 heavy (non-hydrogen) atoms. The molecule has 1 saturated carbocycles. The summed E-state index contributed by atoms with van der Waals surface area (Å²) in [4.78, 5) is 12.4. The summed E-state index contributed by atoms with van der Waals surface area (Å²) in [5.41, 5.74) is 1.19. The number of hydrogen-bond donors (Lipinski definition) is 1. The third kappa shape index (κ3) is 4.65. The maximum Gasteiger partial charge on any atom is 0.232 e. The van der Waals surface area contributed by atoms with Crippen LogP contribution < -0.4 is 10.1 Å². The molecule has 3 aliphatic heterocycles. The lowest BCUT2D eigenvalue weighted by molar-refractivity contribution is -0.00158. The number of fused-ring (bicyclic) bond motifs is 3. The van der Waals surface area contributed by atoms with Crippen LogP contribution in [-0.2, 0) is 16.0 Å². The second-order valence-electron chi connectivity index (χ2n) is 9.58. The standard InChI is InChI=1S/C24H34N6O3S/c1-2-30-9-7-20(28-30)25-24-26-22(21-18-8-12-32-15-19(18)34-23(21)27-24)33-17-5-3-16(4-6-17)29-10-13-31-14-11-29/h7,9,16-19H,2-6,8,10-15H2,1H3,(H,25,26,27,28). The molecule has 10 heteroatoms. The van der Waals surface area contributed by atoms with E-state index >= 15 is 0 Å². The van der Waals surface area contributed by atoms with E-state index in [-0.39, 0.29) is 6.10 Å². The minimum atomic E-state index is 0.201. The van der Waals surface area contributed by atoms with E-state index in [4.69, 9.17) is 24.2 Å². The number of aromatic nitrogens is 4. The van der Waals surface area contributed by atoms with Gasteiger partial charge in [0.25, 0.3) is 0 Å². The summed E-state index contributed by atoms with van der Waals surface area (Å²) < 4.78 is 19.9. The molecule has 1 aliphatic carbocycles. The van der Waals surface area contributed by atoms with Crippen LogP contribution in [0.4, 0.5) is 11.8 Å². The van der Waals surface area contributed by atoms with E-state index in [1.165, 1.54) is 18.4 Å². The van der Waals surface area contributed by atoms with Gasteiger partial charge in [-0.2, -0.15) is 10.1 Å². The van der Waals surface area contributed by atoms with Gasteiger partial charge in [-0.25, -0.2) is 4.98 Å². The van der Waals surface area contributed by atoms with Crippen LogP contribution in [0.5, 0.6) is 5.88 Å². The van der Waals surface area contributed by atoms with Crippen molar-refractivity contribution in [3.8, 4) is 5.88 Å². The molecule has 2 aromatic heterocycles. The van der Waals surface area contributed by atoms with Crippen LogP contribution in [0.2, 0.25) is 0 Å². The summed E-state index contributed by atoms with van der Waals surface area (Å²) in [6, 6.07) is 2.61. The maximum absolute atomic E-state index is 6.67. The number of aryl methyl sites for hydroxylation is 1. The second-order valence-corrected chi connectivity index (χ2v) is 10.8. The van der Waals surface area contributed by atoms with Crippen molar-refractivity contribution >= 4 is 23.5 Å². The van der Waals surface area contributed by atoms with Crippen LogP contribution in [0, 0.1) is 0 Å². The number of anilines is 2. The highest BCUT2D eigenvalue weighted by Gasteiger charge is 2.41. The van der Waals surface area contributed by atoms with Gasteiger partial charge in [-0.1, -0.05) is 11.8 Å². The topological polar surface area (TPSA) is 86.6 Å². The first-order valence-corrected chi connectivity index (χ1v) is 13.6. The minimum Gasteiger partial charge on any atom is -0.474 e. The quantitative estimate of drug-likeness (QED) is 0.617. The molecule has 2 unspecified atom stereocenters. The van der Waals surface area contributed by atoms with Crippen molar-refractivity contribution in [2.75, 3.05) is 44.8 Å². The van der Waals surface area contributed by atoms with Gasteiger partial charge in [0.05, 0.1) is 25.4 Å². The van der Waals surface area contributed by atoms with E-state index < -0.39 is 0 Å². The molecule has 0 amide bonds. The molecule has 6 rings (SSSR count). The smallest absolute Gasteiger partial charge is 0.232 e. The molecule has 2 aromatic rings. The van der Waals surface area contributed by atoms with Gasteiger partial charge < -0.3 is 19.5 Å². The highest BCUT2D eigenvalue weighted by atomic mass is 32.2. The molecule has 3 fully saturated rings. The molecule has 0 spiro atoms. The first-order valence-electron chi connectivity index (χ1n) is 12.7. The van der Waals surface area contributed by atoms with E-state index in [9.17, 15) is 0 Å². The van der Waals surface area contributed by atoms with Crippen LogP contribution in [0.1, 0.15) is 50.5 Å². The molecule has 4 aliphatic rings. The lowest BCUT2D eigenvalue weighted by Gasteiger charge is -2.38. The fourth-order valence-corrected chi connectivity index (χ4v) is 7.02. The fourth-order valence-electron chi connectivity index (χ4n) is 5.63. The lowest BCUT2D eigenvalue weighted by atomic mass is 9.91. The van der Waals surface area contributed by atoms with Gasteiger partial charge in [0, 0.05) is 55.7 Å². The Morgan fingerprint density at radius 2 is 1.94 bits per heavy atom. The van der Waals surface area contributed by atoms with Gasteiger partial charge >= 0.3 is 0 Å². The maximum atomic E-state index is 6.67. The lowest BCUT2D eigenvalue weighted by Crippen LogP contribution is -2.46. The molecule has 184 valence electrons. The predicted molar refractivity (Wildman–Crippen MR) is 130 cm³/mol. The molecule has 5 heterocycles. The normalized spacial score (nSPS) is 29.4. The molecule has 0 aromatic carbocycles. The van der Waals surface area contributed by atoms with Crippen molar-refractivity contribution in [1.29, 1.82) is 0 Å². The predicted octanol–water partition coefficient (Wildman–Crippen LogP) is 3.44. The van der Waals surface area contributed by atoms with Crippen molar-refractivity contribution in [2.45, 2.75) is 73.9 Å². The zero-order chi connectivity index (χ0) is 22.9. The van der Waals surface area contributed by atoms with Crippen LogP contribution in [0.3, 0.4) is 0 Å². The van der Waals surface area contributed by atoms with Crippen molar-refractivity contribution in [1.82, 2.24) is 24.6 Å². The van der Waals surface area contributed by atoms with E-state index in [1.807, 2.05) is 28.7 Å². The number of morpholine rings is 1. The summed E-state index contributed by atoms with van der Waals surface area (Å²) >= 11 is 1.81. The van der Waals surface area contributed by atoms with Gasteiger partial charge in [-0.05, 0) is 39.0 Å². The Hall–Kier alpha value is -1.88. The zero-order valence-electron chi connectivity index (χ0n) is 19.8. The monoisotopic (exact) mass is 486 g/mol. The van der Waals surface area contributed by atoms with E-state index in [0.717, 1.165) is 82.0 Å². The molecular weight excluding hydrogens is 452 g/mol. The molecule has 9 nitrogen and oxygen atoms in total. The number of hydrogen-bond acceptors (Lipinski definition) is 9. The van der Waals surface area contributed by atoms with Gasteiger partial charge in [0.1, 0.15) is 11.1 Å². The third-order valence-electron chi connectivity index (χ3n) is 7.50. The highest BCUT2D eigenvalue weighted by Crippen LogP contribution is 2.51. The second kappa shape index (κ2) is 10.0. The molecule has 0 bridgehead atoms. The van der Waals surface area contributed by atoms with Crippen LogP contribution in [0.15, 0.2) is 17.3 Å². The first kappa shape index (κ1) is 22.6. The summed E-state index contributed by atoms with van der Waals surface area (Å²) in [6.07, 6.45) is 7.64. The van der Waals surface area contributed by atoms with Gasteiger partial charge in [0.2, 0.25) is 11.8 Å². The van der Waals surface area contributed by atoms with Crippen LogP contribution in [-0.4, -0.2) is 81.6 Å². The fraction of sp³-hybridized carbons (Fsp3) is 0.708. The average Bonchev–Trinajstić information content (AvgIpc) is 3.49. The van der Waals surface area contributed by atoms with Gasteiger partial charge in [-0.3, -0.25) is 9.58 Å². The Kier molecular flexibility index (Phi) is 6.64. The van der Waals surface area contributed by atoms with Gasteiger partial charge in [0.15, 0.2) is 5.82 Å². The SMILES string of the molecule is CCn1ccc(Nc2nc(OC3CCC(N4CCOCC4)CC3)c3c(n2)SC2COCCC32)n1. The molecule has 1 N–H and O–H groups in total. The third-order valence-corrected chi connectivity index (χ3v) is 8.80. The molecule has 2 atom stereocenters. The van der Waals surface area contributed by atoms with E-state index in [2.05, 4.69) is 22.2 Å². The molecular formula is C24H34N6O3S. The first-order chi connectivity index (χ1) is 16.8. The summed E-state index contributed by atoms with van der Waals surface area (Å²) in [6.45, 7) is 8.29. The highest BCUT2D eigenvalue weighted by molar-refractivity contribution is 8.00. The van der Waals surface area contributed by atoms with Gasteiger partial charge in [-0.15, -0.1) is 0 Å². The summed E-state index contributed by atoms with van der Waals surface area (Å²) in [5, 5.41) is 9.26. The Morgan fingerprint density at radius 3 is 2.74 bits per heavy atom. The zero-order valence-corrected chi connectivity index (χ0v) is 20.6. The Bertz CT molecular complexity index is 989. The van der Waals surface area contributed by atoms with E-state index in [0.29, 0.717) is 23.2 Å². The largest absolute Gasteiger partial charge is 0.474 e. The van der Waals surface area contributed by atoms with Crippen molar-refractivity contribution in [3.63, 3.8) is 0 Å². The van der Waals surface area contributed by atoms with E-state index in [1.54, 1.807) is 0 Å². The number of nitrogens with one attached hydrogen (secondary N) is 1. The number of nitrogens with zero attached hydrogens (tertiary/aromatic N) is 5. The minimum absolute atomic E-state index is 0.201. The number of thioether (sulfide) groups is 1. The summed E-state index contributed by atoms with van der Waals surface area (Å²) in [5.74, 6) is 2.48. The number of rotatable bonds is 6. The van der Waals surface area contributed by atoms with Crippen molar-refractivity contribution < 1.29 is 14.2 Å². The number of ether oxygens (including phenoxy) is 3. The van der Waals surface area contributed by atoms with Crippen LogP contribution >= 0.6 is 11.8 Å². The molecule has 2 saturated heterocycles. The Morgan fingerprint density at radius 1 is 1.09 bits per heavy atom. The van der Waals surface area contributed by atoms with Crippen molar-refractivity contribution in [2.24, 2.45) is 0 Å². The average molecular weight is 487 g/mol. The van der Waals surface area contributed by atoms with Crippen molar-refractivity contribution in [3.05, 3.63) is 17.8 Å². The Balaban J connectivity index is 1.20. The van der Waals surface area contributed by atoms with Crippen LogP contribution in [0.25, 0.3) is 0 Å². The summed E-state index contributed by atoms with van der Waals surface area (Å²) in [7, 11) is 0.